The highest BCUT2D eigenvalue weighted by Crippen LogP contribution is 2.37. The van der Waals surface area contributed by atoms with E-state index >= 15 is 0 Å². The summed E-state index contributed by atoms with van der Waals surface area (Å²) in [5.41, 5.74) is 3.45. The summed E-state index contributed by atoms with van der Waals surface area (Å²) >= 11 is 0. The molecule has 2 heterocycles. The van der Waals surface area contributed by atoms with Gasteiger partial charge in [0.05, 0.1) is 12.8 Å². The maximum absolute atomic E-state index is 5.43. The van der Waals surface area contributed by atoms with Gasteiger partial charge >= 0.3 is 0 Å². The molecule has 5 nitrogen and oxygen atoms in total. The monoisotopic (exact) mass is 366 g/mol. The number of hydrogen-bond donors (Lipinski definition) is 0. The smallest absolute Gasteiger partial charge is 0.225 e. The van der Waals surface area contributed by atoms with Gasteiger partial charge in [0.1, 0.15) is 5.75 Å². The molecule has 1 aromatic heterocycles. The van der Waals surface area contributed by atoms with Gasteiger partial charge in [-0.1, -0.05) is 12.1 Å². The van der Waals surface area contributed by atoms with Gasteiger partial charge in [-0.2, -0.15) is 0 Å². The number of piperidine rings is 1. The molecule has 1 aliphatic carbocycles. The Labute approximate surface area is 162 Å². The summed E-state index contributed by atoms with van der Waals surface area (Å²) in [6.07, 6.45) is 7.26. The summed E-state index contributed by atoms with van der Waals surface area (Å²) in [7, 11) is 5.72. The van der Waals surface area contributed by atoms with Gasteiger partial charge in [0.2, 0.25) is 5.95 Å². The van der Waals surface area contributed by atoms with Crippen LogP contribution < -0.4 is 9.64 Å². The van der Waals surface area contributed by atoms with Crippen molar-refractivity contribution in [2.24, 2.45) is 5.92 Å². The number of likely N-dealkylation sites (tertiary alicyclic amines) is 1. The molecule has 2 fully saturated rings. The molecule has 27 heavy (non-hydrogen) atoms. The van der Waals surface area contributed by atoms with Gasteiger partial charge in [0, 0.05) is 44.9 Å². The molecule has 0 radical (unpaired) electrons. The molecule has 0 N–H and O–H groups in total. The van der Waals surface area contributed by atoms with E-state index in [-0.39, 0.29) is 0 Å². The summed E-state index contributed by atoms with van der Waals surface area (Å²) in [6, 6.07) is 8.24. The van der Waals surface area contributed by atoms with Crippen molar-refractivity contribution in [1.82, 2.24) is 14.9 Å². The molecular formula is C22H30N4O. The Kier molecular flexibility index (Phi) is 5.30. The van der Waals surface area contributed by atoms with Crippen LogP contribution in [0.5, 0.6) is 5.75 Å². The van der Waals surface area contributed by atoms with Crippen molar-refractivity contribution in [2.45, 2.75) is 31.6 Å². The van der Waals surface area contributed by atoms with Crippen molar-refractivity contribution in [1.29, 1.82) is 0 Å². The Hall–Kier alpha value is -2.14. The van der Waals surface area contributed by atoms with E-state index in [4.69, 9.17) is 9.72 Å². The zero-order valence-electron chi connectivity index (χ0n) is 16.7. The van der Waals surface area contributed by atoms with E-state index in [0.717, 1.165) is 35.3 Å². The SMILES string of the molecule is COc1cccc(-c2cnc(N(C)C)nc2[C@@H]2CCCN(CC3CC3)C2)c1. The molecule has 0 amide bonds. The van der Waals surface area contributed by atoms with E-state index in [1.807, 2.05) is 37.3 Å². The normalized spacial score (nSPS) is 20.5. The predicted molar refractivity (Wildman–Crippen MR) is 109 cm³/mol. The second-order valence-electron chi connectivity index (χ2n) is 8.14. The van der Waals surface area contributed by atoms with Crippen LogP contribution in [0.3, 0.4) is 0 Å². The number of nitrogens with zero attached hydrogens (tertiary/aromatic N) is 4. The largest absolute Gasteiger partial charge is 0.497 e. The Morgan fingerprint density at radius 2 is 2.07 bits per heavy atom. The van der Waals surface area contributed by atoms with Gasteiger partial charge in [0.25, 0.3) is 0 Å². The molecule has 1 saturated heterocycles. The van der Waals surface area contributed by atoms with Crippen LogP contribution in [-0.2, 0) is 0 Å². The first-order valence-electron chi connectivity index (χ1n) is 10.0. The first kappa shape index (κ1) is 18.2. The molecule has 5 heteroatoms. The zero-order valence-corrected chi connectivity index (χ0v) is 16.7. The molecule has 2 aromatic rings. The fraction of sp³-hybridized carbons (Fsp3) is 0.545. The second-order valence-corrected chi connectivity index (χ2v) is 8.14. The lowest BCUT2D eigenvalue weighted by Gasteiger charge is -2.33. The van der Waals surface area contributed by atoms with Crippen LogP contribution in [0, 0.1) is 5.92 Å². The van der Waals surface area contributed by atoms with Crippen molar-refractivity contribution < 1.29 is 4.74 Å². The number of anilines is 1. The Morgan fingerprint density at radius 1 is 1.22 bits per heavy atom. The zero-order chi connectivity index (χ0) is 18.8. The average molecular weight is 367 g/mol. The van der Waals surface area contributed by atoms with Crippen molar-refractivity contribution in [3.8, 4) is 16.9 Å². The molecule has 0 spiro atoms. The second kappa shape index (κ2) is 7.85. The first-order chi connectivity index (χ1) is 13.1. The number of ether oxygens (including phenoxy) is 1. The summed E-state index contributed by atoms with van der Waals surface area (Å²) in [5.74, 6) is 3.05. The van der Waals surface area contributed by atoms with E-state index in [9.17, 15) is 0 Å². The van der Waals surface area contributed by atoms with E-state index in [1.165, 1.54) is 44.5 Å². The van der Waals surface area contributed by atoms with E-state index < -0.39 is 0 Å². The van der Waals surface area contributed by atoms with Crippen LogP contribution in [0.25, 0.3) is 11.1 Å². The summed E-state index contributed by atoms with van der Waals surface area (Å²) < 4.78 is 5.43. The third-order valence-electron chi connectivity index (χ3n) is 5.69. The minimum atomic E-state index is 0.459. The maximum atomic E-state index is 5.43. The topological polar surface area (TPSA) is 41.5 Å². The standard InChI is InChI=1S/C22H30N4O/c1-25(2)22-23-13-20(17-6-4-8-19(12-17)27-3)21(24-22)18-7-5-11-26(15-18)14-16-9-10-16/h4,6,8,12-13,16,18H,5,7,9-11,14-15H2,1-3H3/t18-/m1/s1. The van der Waals surface area contributed by atoms with E-state index in [1.54, 1.807) is 7.11 Å². The van der Waals surface area contributed by atoms with Crippen LogP contribution in [0.2, 0.25) is 0 Å². The van der Waals surface area contributed by atoms with Crippen LogP contribution in [0.4, 0.5) is 5.95 Å². The van der Waals surface area contributed by atoms with Crippen molar-refractivity contribution in [2.75, 3.05) is 45.7 Å². The number of benzene rings is 1. The molecule has 1 aliphatic heterocycles. The van der Waals surface area contributed by atoms with Gasteiger partial charge < -0.3 is 14.5 Å². The molecule has 0 unspecified atom stereocenters. The lowest BCUT2D eigenvalue weighted by molar-refractivity contribution is 0.199. The highest BCUT2D eigenvalue weighted by atomic mass is 16.5. The van der Waals surface area contributed by atoms with E-state index in [2.05, 4.69) is 22.0 Å². The first-order valence-corrected chi connectivity index (χ1v) is 10.0. The molecule has 2 aliphatic rings. The maximum Gasteiger partial charge on any atom is 0.225 e. The lowest BCUT2D eigenvalue weighted by atomic mass is 9.89. The number of aromatic nitrogens is 2. The molecule has 4 rings (SSSR count). The predicted octanol–water partition coefficient (Wildman–Crippen LogP) is 3.81. The number of methoxy groups -OCH3 is 1. The van der Waals surface area contributed by atoms with Gasteiger partial charge in [-0.15, -0.1) is 0 Å². The number of rotatable bonds is 6. The van der Waals surface area contributed by atoms with Crippen LogP contribution in [0.1, 0.15) is 37.3 Å². The summed E-state index contributed by atoms with van der Waals surface area (Å²) in [4.78, 5) is 14.2. The fourth-order valence-corrected chi connectivity index (χ4v) is 4.04. The highest BCUT2D eigenvalue weighted by Gasteiger charge is 2.30. The Balaban J connectivity index is 1.68. The molecule has 1 saturated carbocycles. The molecule has 144 valence electrons. The van der Waals surface area contributed by atoms with Gasteiger partial charge in [0.15, 0.2) is 0 Å². The van der Waals surface area contributed by atoms with Crippen molar-refractivity contribution in [3.05, 3.63) is 36.2 Å². The molecule has 1 atom stereocenters. The highest BCUT2D eigenvalue weighted by molar-refractivity contribution is 5.68. The van der Waals surface area contributed by atoms with E-state index in [0.29, 0.717) is 5.92 Å². The van der Waals surface area contributed by atoms with Crippen LogP contribution in [0.15, 0.2) is 30.5 Å². The molecule has 0 bridgehead atoms. The van der Waals surface area contributed by atoms with Crippen LogP contribution in [-0.4, -0.2) is 55.7 Å². The van der Waals surface area contributed by atoms with Gasteiger partial charge in [-0.05, 0) is 55.8 Å². The lowest BCUT2D eigenvalue weighted by Crippen LogP contribution is -2.36. The van der Waals surface area contributed by atoms with Gasteiger partial charge in [-0.3, -0.25) is 0 Å². The fourth-order valence-electron chi connectivity index (χ4n) is 4.04. The third kappa shape index (κ3) is 4.24. The molecule has 1 aromatic carbocycles. The summed E-state index contributed by atoms with van der Waals surface area (Å²) in [6.45, 7) is 3.60. The molecular weight excluding hydrogens is 336 g/mol. The van der Waals surface area contributed by atoms with Crippen molar-refractivity contribution in [3.63, 3.8) is 0 Å². The quantitative estimate of drug-likeness (QED) is 0.778. The summed E-state index contributed by atoms with van der Waals surface area (Å²) in [5, 5.41) is 0. The minimum Gasteiger partial charge on any atom is -0.497 e. The Morgan fingerprint density at radius 3 is 2.81 bits per heavy atom. The number of hydrogen-bond acceptors (Lipinski definition) is 5. The Bertz CT molecular complexity index is 788. The minimum absolute atomic E-state index is 0.459. The third-order valence-corrected chi connectivity index (χ3v) is 5.69. The average Bonchev–Trinajstić information content (AvgIpc) is 3.51. The van der Waals surface area contributed by atoms with Crippen molar-refractivity contribution >= 4 is 5.95 Å². The van der Waals surface area contributed by atoms with Gasteiger partial charge in [-0.25, -0.2) is 9.97 Å². The van der Waals surface area contributed by atoms with Crippen LogP contribution >= 0.6 is 0 Å².